The van der Waals surface area contributed by atoms with Crippen LogP contribution in [0, 0.1) is 5.82 Å². The van der Waals surface area contributed by atoms with Crippen molar-refractivity contribution in [1.82, 2.24) is 14.9 Å². The minimum absolute atomic E-state index is 0.0465. The van der Waals surface area contributed by atoms with Gasteiger partial charge in [0, 0.05) is 29.9 Å². The number of hydrogen-bond acceptors (Lipinski definition) is 4. The Kier molecular flexibility index (Phi) is 6.48. The molecule has 0 radical (unpaired) electrons. The van der Waals surface area contributed by atoms with Crippen LogP contribution < -0.4 is 5.32 Å². The number of rotatable bonds is 6. The fraction of sp³-hybridized carbons (Fsp3) is 0.290. The van der Waals surface area contributed by atoms with E-state index in [0.29, 0.717) is 12.4 Å². The van der Waals surface area contributed by atoms with Gasteiger partial charge in [0.15, 0.2) is 0 Å². The number of nitrogens with zero attached hydrogens (tertiary/aromatic N) is 3. The zero-order valence-electron chi connectivity index (χ0n) is 20.5. The van der Waals surface area contributed by atoms with E-state index in [1.165, 1.54) is 44.0 Å². The summed E-state index contributed by atoms with van der Waals surface area (Å²) in [7, 11) is 0. The smallest absolute Gasteiger partial charge is 0.227 e. The number of fused-ring (bicyclic) bond motifs is 3. The molecule has 0 saturated carbocycles. The first kappa shape index (κ1) is 22.9. The topological polar surface area (TPSA) is 41.1 Å². The molecule has 6 rings (SSSR count). The highest BCUT2D eigenvalue weighted by Crippen LogP contribution is 2.42. The van der Waals surface area contributed by atoms with Gasteiger partial charge < -0.3 is 10.2 Å². The van der Waals surface area contributed by atoms with E-state index in [1.54, 1.807) is 6.07 Å². The van der Waals surface area contributed by atoms with Crippen molar-refractivity contribution in [2.24, 2.45) is 0 Å². The Balaban J connectivity index is 1.20. The third-order valence-electron chi connectivity index (χ3n) is 7.54. The molecule has 36 heavy (non-hydrogen) atoms. The van der Waals surface area contributed by atoms with Crippen LogP contribution in [0.1, 0.15) is 47.4 Å². The van der Waals surface area contributed by atoms with E-state index in [1.807, 2.05) is 30.5 Å². The van der Waals surface area contributed by atoms with Crippen LogP contribution in [0.4, 0.5) is 16.0 Å². The normalized spacial score (nSPS) is 17.3. The largest absolute Gasteiger partial charge is 0.324 e. The minimum Gasteiger partial charge on any atom is -0.324 e. The number of hydrogen-bond donors (Lipinski definition) is 1. The minimum atomic E-state index is -0.167. The zero-order chi connectivity index (χ0) is 24.3. The molecule has 3 aromatic carbocycles. The van der Waals surface area contributed by atoms with Gasteiger partial charge in [-0.2, -0.15) is 0 Å². The van der Waals surface area contributed by atoms with Crippen LogP contribution in [-0.2, 0) is 12.8 Å². The average Bonchev–Trinajstić information content (AvgIpc) is 2.93. The summed E-state index contributed by atoms with van der Waals surface area (Å²) < 4.78 is 14.7. The number of piperidine rings is 1. The molecule has 4 nitrogen and oxygen atoms in total. The summed E-state index contributed by atoms with van der Waals surface area (Å²) in [5.41, 5.74) is 7.17. The third-order valence-corrected chi connectivity index (χ3v) is 7.54. The Morgan fingerprint density at radius 1 is 0.861 bits per heavy atom. The molecule has 1 unspecified atom stereocenters. The van der Waals surface area contributed by atoms with Crippen molar-refractivity contribution in [3.8, 4) is 11.3 Å². The first-order valence-corrected chi connectivity index (χ1v) is 13.0. The van der Waals surface area contributed by atoms with Gasteiger partial charge in [0.1, 0.15) is 5.82 Å². The summed E-state index contributed by atoms with van der Waals surface area (Å²) in [6, 6.07) is 23.9. The van der Waals surface area contributed by atoms with Gasteiger partial charge in [-0.3, -0.25) is 0 Å². The number of likely N-dealkylation sites (tertiary alicyclic amines) is 1. The number of halogens is 1. The molecule has 1 atom stereocenters. The van der Waals surface area contributed by atoms with Gasteiger partial charge in [0.2, 0.25) is 5.95 Å². The van der Waals surface area contributed by atoms with Crippen molar-refractivity contribution >= 4 is 11.6 Å². The van der Waals surface area contributed by atoms with Crippen LogP contribution in [0.3, 0.4) is 0 Å². The van der Waals surface area contributed by atoms with Crippen LogP contribution in [-0.4, -0.2) is 34.5 Å². The first-order chi connectivity index (χ1) is 17.7. The van der Waals surface area contributed by atoms with Gasteiger partial charge in [-0.25, -0.2) is 14.4 Å². The van der Waals surface area contributed by atoms with Crippen molar-refractivity contribution < 1.29 is 4.39 Å². The molecule has 182 valence electrons. The maximum Gasteiger partial charge on any atom is 0.227 e. The first-order valence-electron chi connectivity index (χ1n) is 13.0. The highest BCUT2D eigenvalue weighted by molar-refractivity contribution is 5.73. The molecular formula is C31H31FN4. The lowest BCUT2D eigenvalue weighted by Crippen LogP contribution is -2.31. The Labute approximate surface area is 212 Å². The third kappa shape index (κ3) is 4.76. The average molecular weight is 479 g/mol. The Morgan fingerprint density at radius 3 is 2.42 bits per heavy atom. The summed E-state index contributed by atoms with van der Waals surface area (Å²) in [6.45, 7) is 3.60. The van der Waals surface area contributed by atoms with E-state index in [4.69, 9.17) is 4.98 Å². The summed E-state index contributed by atoms with van der Waals surface area (Å²) in [6.07, 6.45) is 7.69. The maximum absolute atomic E-state index is 14.7. The Bertz CT molecular complexity index is 1350. The molecule has 1 N–H and O–H groups in total. The number of benzene rings is 3. The lowest BCUT2D eigenvalue weighted by molar-refractivity contribution is 0.231. The Hall–Kier alpha value is -3.57. The second-order valence-corrected chi connectivity index (χ2v) is 9.91. The van der Waals surface area contributed by atoms with Crippen molar-refractivity contribution in [1.29, 1.82) is 0 Å². The SMILES string of the molecule is Fc1ccccc1C1Cc2cnc(Nc3ccc(CCN4CCCCC4)cc3)nc2-c2ccccc21. The molecule has 5 heteroatoms. The molecule has 1 saturated heterocycles. The highest BCUT2D eigenvalue weighted by Gasteiger charge is 2.28. The van der Waals surface area contributed by atoms with E-state index >= 15 is 0 Å². The molecule has 0 spiro atoms. The van der Waals surface area contributed by atoms with E-state index in [-0.39, 0.29) is 11.7 Å². The summed E-state index contributed by atoms with van der Waals surface area (Å²) in [5, 5.41) is 3.38. The molecular weight excluding hydrogens is 447 g/mol. The quantitative estimate of drug-likeness (QED) is 0.333. The van der Waals surface area contributed by atoms with Crippen LogP contribution in [0.15, 0.2) is 79.0 Å². The molecule has 1 aliphatic heterocycles. The van der Waals surface area contributed by atoms with Crippen LogP contribution in [0.5, 0.6) is 0 Å². The van der Waals surface area contributed by atoms with Gasteiger partial charge in [-0.15, -0.1) is 0 Å². The van der Waals surface area contributed by atoms with E-state index in [2.05, 4.69) is 51.6 Å². The molecule has 0 amide bonds. The summed E-state index contributed by atoms with van der Waals surface area (Å²) in [4.78, 5) is 12.1. The summed E-state index contributed by atoms with van der Waals surface area (Å²) >= 11 is 0. The van der Waals surface area contributed by atoms with Gasteiger partial charge in [0.05, 0.1) is 5.69 Å². The van der Waals surface area contributed by atoms with Crippen LogP contribution in [0.25, 0.3) is 11.3 Å². The molecule has 4 aromatic rings. The highest BCUT2D eigenvalue weighted by atomic mass is 19.1. The lowest BCUT2D eigenvalue weighted by atomic mass is 9.78. The molecule has 2 aliphatic rings. The monoisotopic (exact) mass is 478 g/mol. The van der Waals surface area contributed by atoms with Gasteiger partial charge in [0.25, 0.3) is 0 Å². The second kappa shape index (κ2) is 10.2. The van der Waals surface area contributed by atoms with Crippen molar-refractivity contribution in [3.05, 3.63) is 107 Å². The fourth-order valence-electron chi connectivity index (χ4n) is 5.59. The number of anilines is 2. The van der Waals surface area contributed by atoms with Crippen molar-refractivity contribution in [2.75, 3.05) is 25.0 Å². The molecule has 1 fully saturated rings. The fourth-order valence-corrected chi connectivity index (χ4v) is 5.59. The maximum atomic E-state index is 14.7. The number of nitrogens with one attached hydrogen (secondary N) is 1. The second-order valence-electron chi connectivity index (χ2n) is 9.91. The van der Waals surface area contributed by atoms with E-state index < -0.39 is 0 Å². The number of aromatic nitrogens is 2. The van der Waals surface area contributed by atoms with Crippen LogP contribution in [0.2, 0.25) is 0 Å². The molecule has 1 aromatic heterocycles. The van der Waals surface area contributed by atoms with E-state index in [9.17, 15) is 4.39 Å². The standard InChI is InChI=1S/C31H31FN4/c32-29-11-5-4-9-26(29)28-20-23-21-33-31(35-30(23)27-10-3-2-8-25(27)28)34-24-14-12-22(13-15-24)16-19-36-17-6-1-7-18-36/h2-5,8-15,21,28H,1,6-7,16-20H2,(H,33,34,35). The van der Waals surface area contributed by atoms with Crippen molar-refractivity contribution in [2.45, 2.75) is 38.0 Å². The zero-order valence-corrected chi connectivity index (χ0v) is 20.5. The predicted molar refractivity (Wildman–Crippen MR) is 143 cm³/mol. The Morgan fingerprint density at radius 2 is 1.61 bits per heavy atom. The van der Waals surface area contributed by atoms with Gasteiger partial charge in [-0.1, -0.05) is 61.0 Å². The van der Waals surface area contributed by atoms with E-state index in [0.717, 1.165) is 46.6 Å². The summed E-state index contributed by atoms with van der Waals surface area (Å²) in [5.74, 6) is 0.364. The van der Waals surface area contributed by atoms with Crippen molar-refractivity contribution in [3.63, 3.8) is 0 Å². The van der Waals surface area contributed by atoms with Gasteiger partial charge >= 0.3 is 0 Å². The van der Waals surface area contributed by atoms with Crippen LogP contribution >= 0.6 is 0 Å². The lowest BCUT2D eigenvalue weighted by Gasteiger charge is -2.27. The molecule has 2 heterocycles. The molecule has 0 bridgehead atoms. The molecule has 1 aliphatic carbocycles. The van der Waals surface area contributed by atoms with Gasteiger partial charge in [-0.05, 0) is 79.2 Å². The predicted octanol–water partition coefficient (Wildman–Crippen LogP) is 6.74.